The fourth-order valence-corrected chi connectivity index (χ4v) is 8.48. The first-order valence-electron chi connectivity index (χ1n) is 23.8. The normalized spacial score (nSPS) is 44.0. The number of hydrogen-bond acceptors (Lipinski definition) is 17. The van der Waals surface area contributed by atoms with Gasteiger partial charge in [-0.1, -0.05) is 105 Å². The summed E-state index contributed by atoms with van der Waals surface area (Å²) in [7, 11) is 0. The molecule has 0 radical (unpaired) electrons. The van der Waals surface area contributed by atoms with Crippen LogP contribution >= 0.6 is 0 Å². The minimum atomic E-state index is -2.24. The topological polar surface area (TPSA) is 299 Å². The number of allylic oxidation sites excluding steroid dienone is 13. The summed E-state index contributed by atoms with van der Waals surface area (Å²) in [4.78, 5) is 26.3. The molecule has 0 aromatic heterocycles. The standard InChI is InChI=1S/C51H79NO16/c1-6-7-22-40(57)45-42(59)30-51(64)29-37(55)26-41(58)39(56)24-23-35(53)25-36(54)27-44(60)65-33(4)32(3)47(61)31(2)20-18-16-14-12-10-8-9-11-13-15-17-19-21-38(28-43(45)68-51)67-50-49(63)46(52)48(62)34(5)66-50/h6,8-21,31-39,41-43,45-50,53-56,58-59,61-64H,1,7,22-30,52H2,2-5H3/b9-8+,12-10+,13-11+,16-14+,17-15+,20-18-,21-19+/t31-,32-,33-,34+,35+,36+,37-,38-,39+,41+,42-,43-,45+,46-,47+,48+,49-,50-,51+/m0/s1. The van der Waals surface area contributed by atoms with Gasteiger partial charge in [0.1, 0.15) is 18.0 Å². The number of aliphatic hydroxyl groups excluding tert-OH is 9. The Labute approximate surface area is 401 Å². The third-order valence-electron chi connectivity index (χ3n) is 12.7. The maximum Gasteiger partial charge on any atom is 0.308 e. The number of nitrogens with two attached hydrogens (primary N) is 1. The van der Waals surface area contributed by atoms with E-state index in [1.807, 2.05) is 49.5 Å². The van der Waals surface area contributed by atoms with Gasteiger partial charge in [-0.15, -0.1) is 6.58 Å². The minimum Gasteiger partial charge on any atom is -0.462 e. The molecule has 0 aliphatic carbocycles. The van der Waals surface area contributed by atoms with Crippen molar-refractivity contribution in [3.63, 3.8) is 0 Å². The highest BCUT2D eigenvalue weighted by Gasteiger charge is 2.50. The summed E-state index contributed by atoms with van der Waals surface area (Å²) in [5, 5.41) is 109. The molecule has 2 saturated heterocycles. The molecule has 3 aliphatic heterocycles. The van der Waals surface area contributed by atoms with Crippen LogP contribution in [-0.2, 0) is 28.5 Å². The predicted octanol–water partition coefficient (Wildman–Crippen LogP) is 2.16. The number of rotatable bonds is 6. The van der Waals surface area contributed by atoms with Gasteiger partial charge in [0.15, 0.2) is 12.1 Å². The molecule has 0 spiro atoms. The predicted molar refractivity (Wildman–Crippen MR) is 254 cm³/mol. The van der Waals surface area contributed by atoms with E-state index >= 15 is 0 Å². The first kappa shape index (κ1) is 58.8. The molecule has 2 bridgehead atoms. The highest BCUT2D eigenvalue weighted by Crippen LogP contribution is 2.39. The second-order valence-electron chi connectivity index (χ2n) is 18.5. The second-order valence-corrected chi connectivity index (χ2v) is 18.5. The Morgan fingerprint density at radius 3 is 1.91 bits per heavy atom. The summed E-state index contributed by atoms with van der Waals surface area (Å²) in [6, 6.07) is -1.12. The smallest absolute Gasteiger partial charge is 0.308 e. The summed E-state index contributed by atoms with van der Waals surface area (Å²) < 4.78 is 23.7. The maximum atomic E-state index is 13.6. The average molecular weight is 962 g/mol. The van der Waals surface area contributed by atoms with Gasteiger partial charge in [-0.3, -0.25) is 9.59 Å². The molecule has 384 valence electrons. The van der Waals surface area contributed by atoms with Crippen LogP contribution < -0.4 is 5.73 Å². The quantitative estimate of drug-likeness (QED) is 0.134. The Bertz CT molecular complexity index is 1750. The van der Waals surface area contributed by atoms with Gasteiger partial charge in [0.2, 0.25) is 0 Å². The summed E-state index contributed by atoms with van der Waals surface area (Å²) in [6.07, 6.45) is 7.04. The Hall–Kier alpha value is -3.50. The van der Waals surface area contributed by atoms with E-state index in [4.69, 9.17) is 24.7 Å². The van der Waals surface area contributed by atoms with Gasteiger partial charge in [-0.05, 0) is 39.5 Å². The van der Waals surface area contributed by atoms with Gasteiger partial charge in [-0.2, -0.15) is 0 Å². The second kappa shape index (κ2) is 29.6. The number of aliphatic hydroxyl groups is 10. The van der Waals surface area contributed by atoms with Crippen LogP contribution in [0.2, 0.25) is 0 Å². The van der Waals surface area contributed by atoms with Gasteiger partial charge in [-0.25, -0.2) is 0 Å². The van der Waals surface area contributed by atoms with Crippen molar-refractivity contribution < 1.29 is 79.6 Å². The number of carbonyl (C=O) groups excluding carboxylic acids is 2. The lowest BCUT2D eigenvalue weighted by atomic mass is 9.79. The Morgan fingerprint density at radius 2 is 1.31 bits per heavy atom. The van der Waals surface area contributed by atoms with Gasteiger partial charge in [0.25, 0.3) is 0 Å². The average Bonchev–Trinajstić information content (AvgIpc) is 3.26. The van der Waals surface area contributed by atoms with Gasteiger partial charge < -0.3 is 75.7 Å². The van der Waals surface area contributed by atoms with Crippen LogP contribution in [0.3, 0.4) is 0 Å². The lowest BCUT2D eigenvalue weighted by molar-refractivity contribution is -0.307. The van der Waals surface area contributed by atoms with Crippen LogP contribution in [0.5, 0.6) is 0 Å². The fourth-order valence-electron chi connectivity index (χ4n) is 8.48. The molecular weight excluding hydrogens is 883 g/mol. The molecule has 0 saturated carbocycles. The largest absolute Gasteiger partial charge is 0.462 e. The molecule has 0 unspecified atom stereocenters. The van der Waals surface area contributed by atoms with Crippen molar-refractivity contribution in [3.05, 3.63) is 97.7 Å². The molecule has 3 heterocycles. The van der Waals surface area contributed by atoms with Crippen molar-refractivity contribution in [2.24, 2.45) is 23.5 Å². The number of fused-ring (bicyclic) bond motifs is 2. The monoisotopic (exact) mass is 962 g/mol. The number of ether oxygens (including phenoxy) is 4. The van der Waals surface area contributed by atoms with E-state index in [0.717, 1.165) is 0 Å². The van der Waals surface area contributed by atoms with Crippen LogP contribution in [0.15, 0.2) is 97.7 Å². The Morgan fingerprint density at radius 1 is 0.721 bits per heavy atom. The number of esters is 1. The molecule has 17 heteroatoms. The Kier molecular flexibility index (Phi) is 25.6. The minimum absolute atomic E-state index is 0.00354. The number of cyclic esters (lactones) is 1. The summed E-state index contributed by atoms with van der Waals surface area (Å²) in [5.41, 5.74) is 6.09. The van der Waals surface area contributed by atoms with Crippen molar-refractivity contribution in [3.8, 4) is 0 Å². The summed E-state index contributed by atoms with van der Waals surface area (Å²) in [6.45, 7) is 10.5. The lowest BCUT2D eigenvalue weighted by Crippen LogP contribution is -2.61. The van der Waals surface area contributed by atoms with Crippen molar-refractivity contribution in [1.29, 1.82) is 0 Å². The van der Waals surface area contributed by atoms with Crippen LogP contribution in [0.1, 0.15) is 91.9 Å². The van der Waals surface area contributed by atoms with E-state index in [1.165, 1.54) is 0 Å². The fraction of sp³-hybridized carbons (Fsp3) is 0.647. The van der Waals surface area contributed by atoms with Crippen LogP contribution in [0.25, 0.3) is 0 Å². The van der Waals surface area contributed by atoms with E-state index in [0.29, 0.717) is 6.42 Å². The zero-order valence-corrected chi connectivity index (χ0v) is 39.8. The zero-order chi connectivity index (χ0) is 50.6. The molecule has 17 nitrogen and oxygen atoms in total. The third-order valence-corrected chi connectivity index (χ3v) is 12.7. The van der Waals surface area contributed by atoms with Crippen molar-refractivity contribution >= 4 is 11.8 Å². The van der Waals surface area contributed by atoms with Crippen LogP contribution in [0.4, 0.5) is 0 Å². The molecule has 0 amide bonds. The van der Waals surface area contributed by atoms with Gasteiger partial charge >= 0.3 is 5.97 Å². The SMILES string of the molecule is C=CCCC(=O)[C@H]1[C@@H]2C[C@@H](O[C@@H]3O[C@H](C)[C@@H](O)[C@H](N)[C@@H]3O)/C=C/C=C/C=C/C=C/C=C/C=C/C=C\[C@H](C)[C@@H](O)[C@@H](C)[C@H](C)OC(=O)C[C@H](O)C[C@H](O)CC[C@@H](O)[C@H](O)C[C@H](O)C[C@](O)(C[C@@H]1O)O2. The number of Topliss-reactive ketones (excluding diaryl/α,β-unsaturated/α-hetero) is 1. The van der Waals surface area contributed by atoms with E-state index < -0.39 is 141 Å². The van der Waals surface area contributed by atoms with Gasteiger partial charge in [0.05, 0.1) is 85.5 Å². The molecule has 3 aliphatic rings. The van der Waals surface area contributed by atoms with E-state index in [2.05, 4.69) is 6.58 Å². The summed E-state index contributed by atoms with van der Waals surface area (Å²) >= 11 is 0. The van der Waals surface area contributed by atoms with Gasteiger partial charge in [0, 0.05) is 43.9 Å². The third kappa shape index (κ3) is 19.7. The number of hydrogen-bond donors (Lipinski definition) is 11. The zero-order valence-electron chi connectivity index (χ0n) is 39.8. The number of carbonyl (C=O) groups is 2. The van der Waals surface area contributed by atoms with Crippen molar-refractivity contribution in [2.45, 2.75) is 189 Å². The molecule has 12 N–H and O–H groups in total. The summed E-state index contributed by atoms with van der Waals surface area (Å²) in [5.74, 6) is -5.23. The molecule has 0 aromatic rings. The van der Waals surface area contributed by atoms with Crippen LogP contribution in [0, 0.1) is 17.8 Å². The molecule has 68 heavy (non-hydrogen) atoms. The van der Waals surface area contributed by atoms with E-state index in [-0.39, 0.29) is 43.8 Å². The first-order valence-corrected chi connectivity index (χ1v) is 23.8. The molecule has 3 rings (SSSR count). The highest BCUT2D eigenvalue weighted by atomic mass is 16.7. The Balaban J connectivity index is 1.91. The van der Waals surface area contributed by atoms with Crippen molar-refractivity contribution in [2.75, 3.05) is 0 Å². The van der Waals surface area contributed by atoms with Crippen molar-refractivity contribution in [1.82, 2.24) is 0 Å². The molecule has 19 atom stereocenters. The highest BCUT2D eigenvalue weighted by molar-refractivity contribution is 5.82. The van der Waals surface area contributed by atoms with Crippen LogP contribution in [-0.4, -0.2) is 160 Å². The molecule has 2 fully saturated rings. The van der Waals surface area contributed by atoms with E-state index in [1.54, 1.807) is 69.4 Å². The van der Waals surface area contributed by atoms with E-state index in [9.17, 15) is 60.7 Å². The first-order chi connectivity index (χ1) is 32.2. The molecular formula is C51H79NO16. The number of ketones is 1. The lowest BCUT2D eigenvalue weighted by Gasteiger charge is -2.46. The maximum absolute atomic E-state index is 13.6. The molecule has 0 aromatic carbocycles.